The third-order valence-electron chi connectivity index (χ3n) is 2.73. The van der Waals surface area contributed by atoms with Crippen LogP contribution in [0.15, 0.2) is 12.3 Å². The molecule has 0 bridgehead atoms. The lowest BCUT2D eigenvalue weighted by atomic mass is 10.1. The van der Waals surface area contributed by atoms with Crippen LogP contribution in [0.1, 0.15) is 45.4 Å². The fraction of sp³-hybridized carbons (Fsp3) is 0.667. The lowest BCUT2D eigenvalue weighted by molar-refractivity contribution is 0.285. The number of ether oxygens (including phenoxy) is 1. The number of nitrogens with one attached hydrogen (secondary N) is 1. The standard InChI is InChI=1S/C15H26N2O/c1-11(2)6-7-18-15-8-13(5)17-10-14(15)9-16-12(3)4/h8,10-12,16H,6-7,9H2,1-5H3. The Balaban J connectivity index is 2.64. The summed E-state index contributed by atoms with van der Waals surface area (Å²) in [4.78, 5) is 4.34. The molecule has 1 N–H and O–H groups in total. The van der Waals surface area contributed by atoms with Crippen molar-refractivity contribution in [2.24, 2.45) is 5.92 Å². The van der Waals surface area contributed by atoms with Gasteiger partial charge in [-0.3, -0.25) is 4.98 Å². The van der Waals surface area contributed by atoms with E-state index >= 15 is 0 Å². The molecule has 0 radical (unpaired) electrons. The summed E-state index contributed by atoms with van der Waals surface area (Å²) in [6.45, 7) is 12.3. The van der Waals surface area contributed by atoms with E-state index in [9.17, 15) is 0 Å². The topological polar surface area (TPSA) is 34.1 Å². The summed E-state index contributed by atoms with van der Waals surface area (Å²) < 4.78 is 5.88. The van der Waals surface area contributed by atoms with Gasteiger partial charge in [-0.1, -0.05) is 27.7 Å². The van der Waals surface area contributed by atoms with Crippen LogP contribution < -0.4 is 10.1 Å². The minimum atomic E-state index is 0.467. The first-order chi connectivity index (χ1) is 8.49. The van der Waals surface area contributed by atoms with Crippen LogP contribution in [0.3, 0.4) is 0 Å². The Kier molecular flexibility index (Phi) is 6.13. The van der Waals surface area contributed by atoms with Gasteiger partial charge in [0.25, 0.3) is 0 Å². The molecular weight excluding hydrogens is 224 g/mol. The van der Waals surface area contributed by atoms with E-state index in [1.54, 1.807) is 0 Å². The van der Waals surface area contributed by atoms with Gasteiger partial charge in [0.05, 0.1) is 6.61 Å². The quantitative estimate of drug-likeness (QED) is 0.806. The van der Waals surface area contributed by atoms with E-state index in [1.165, 1.54) is 0 Å². The van der Waals surface area contributed by atoms with E-state index in [0.29, 0.717) is 12.0 Å². The van der Waals surface area contributed by atoms with Crippen molar-refractivity contribution in [2.75, 3.05) is 6.61 Å². The first-order valence-electron chi connectivity index (χ1n) is 6.80. The summed E-state index contributed by atoms with van der Waals surface area (Å²) >= 11 is 0. The minimum absolute atomic E-state index is 0.467. The van der Waals surface area contributed by atoms with Crippen LogP contribution in [-0.4, -0.2) is 17.6 Å². The Morgan fingerprint density at radius 2 is 2.00 bits per heavy atom. The number of nitrogens with zero attached hydrogens (tertiary/aromatic N) is 1. The number of rotatable bonds is 7. The highest BCUT2D eigenvalue weighted by atomic mass is 16.5. The molecule has 0 spiro atoms. The summed E-state index contributed by atoms with van der Waals surface area (Å²) in [5.41, 5.74) is 2.14. The van der Waals surface area contributed by atoms with Gasteiger partial charge in [-0.25, -0.2) is 0 Å². The molecule has 0 aromatic carbocycles. The van der Waals surface area contributed by atoms with Crippen LogP contribution in [-0.2, 0) is 6.54 Å². The van der Waals surface area contributed by atoms with Gasteiger partial charge in [0.1, 0.15) is 5.75 Å². The smallest absolute Gasteiger partial charge is 0.127 e. The molecular formula is C15H26N2O. The van der Waals surface area contributed by atoms with Crippen LogP contribution >= 0.6 is 0 Å². The SMILES string of the molecule is Cc1cc(OCCC(C)C)c(CNC(C)C)cn1. The number of aryl methyl sites for hydroxylation is 1. The molecule has 0 saturated heterocycles. The monoisotopic (exact) mass is 250 g/mol. The second-order valence-corrected chi connectivity index (χ2v) is 5.50. The lowest BCUT2D eigenvalue weighted by Crippen LogP contribution is -2.22. The van der Waals surface area contributed by atoms with Gasteiger partial charge in [0.2, 0.25) is 0 Å². The average Bonchev–Trinajstić information content (AvgIpc) is 2.27. The molecule has 0 amide bonds. The average molecular weight is 250 g/mol. The lowest BCUT2D eigenvalue weighted by Gasteiger charge is -2.14. The van der Waals surface area contributed by atoms with Crippen molar-refractivity contribution in [3.05, 3.63) is 23.5 Å². The number of hydrogen-bond acceptors (Lipinski definition) is 3. The maximum absolute atomic E-state index is 5.88. The van der Waals surface area contributed by atoms with Gasteiger partial charge < -0.3 is 10.1 Å². The molecule has 18 heavy (non-hydrogen) atoms. The van der Waals surface area contributed by atoms with Crippen molar-refractivity contribution in [1.29, 1.82) is 0 Å². The second-order valence-electron chi connectivity index (χ2n) is 5.50. The maximum atomic E-state index is 5.88. The van der Waals surface area contributed by atoms with Crippen LogP contribution in [0.2, 0.25) is 0 Å². The molecule has 1 rings (SSSR count). The van der Waals surface area contributed by atoms with Crippen LogP contribution in [0, 0.1) is 12.8 Å². The first kappa shape index (κ1) is 15.0. The van der Waals surface area contributed by atoms with Crippen molar-refractivity contribution in [1.82, 2.24) is 10.3 Å². The molecule has 3 heteroatoms. The molecule has 1 aromatic rings. The van der Waals surface area contributed by atoms with E-state index in [1.807, 2.05) is 19.2 Å². The third kappa shape index (κ3) is 5.50. The maximum Gasteiger partial charge on any atom is 0.127 e. The fourth-order valence-corrected chi connectivity index (χ4v) is 1.55. The summed E-state index contributed by atoms with van der Waals surface area (Å²) in [5.74, 6) is 1.64. The van der Waals surface area contributed by atoms with Crippen molar-refractivity contribution < 1.29 is 4.74 Å². The van der Waals surface area contributed by atoms with Crippen molar-refractivity contribution in [2.45, 2.75) is 53.6 Å². The Hall–Kier alpha value is -1.09. The summed E-state index contributed by atoms with van der Waals surface area (Å²) in [6, 6.07) is 2.49. The van der Waals surface area contributed by atoms with Gasteiger partial charge in [-0.2, -0.15) is 0 Å². The Morgan fingerprint density at radius 1 is 1.28 bits per heavy atom. The van der Waals surface area contributed by atoms with Crippen LogP contribution in [0.5, 0.6) is 5.75 Å². The van der Waals surface area contributed by atoms with Crippen LogP contribution in [0.25, 0.3) is 0 Å². The Bertz CT molecular complexity index is 362. The zero-order valence-corrected chi connectivity index (χ0v) is 12.3. The highest BCUT2D eigenvalue weighted by Crippen LogP contribution is 2.19. The minimum Gasteiger partial charge on any atom is -0.493 e. The number of hydrogen-bond donors (Lipinski definition) is 1. The Morgan fingerprint density at radius 3 is 2.61 bits per heavy atom. The molecule has 0 aliphatic heterocycles. The van der Waals surface area contributed by atoms with E-state index < -0.39 is 0 Å². The van der Waals surface area contributed by atoms with Gasteiger partial charge in [-0.05, 0) is 19.3 Å². The molecule has 1 heterocycles. The largest absolute Gasteiger partial charge is 0.493 e. The van der Waals surface area contributed by atoms with Gasteiger partial charge in [0.15, 0.2) is 0 Å². The first-order valence-corrected chi connectivity index (χ1v) is 6.80. The highest BCUT2D eigenvalue weighted by Gasteiger charge is 2.06. The fourth-order valence-electron chi connectivity index (χ4n) is 1.55. The van der Waals surface area contributed by atoms with Crippen LogP contribution in [0.4, 0.5) is 0 Å². The molecule has 0 saturated carbocycles. The molecule has 1 aromatic heterocycles. The predicted molar refractivity (Wildman–Crippen MR) is 75.9 cm³/mol. The van der Waals surface area contributed by atoms with Gasteiger partial charge >= 0.3 is 0 Å². The van der Waals surface area contributed by atoms with E-state index in [4.69, 9.17) is 4.74 Å². The number of aromatic nitrogens is 1. The van der Waals surface area contributed by atoms with Gasteiger partial charge in [-0.15, -0.1) is 0 Å². The summed E-state index contributed by atoms with van der Waals surface area (Å²) in [7, 11) is 0. The van der Waals surface area contributed by atoms with E-state index in [0.717, 1.165) is 36.6 Å². The van der Waals surface area contributed by atoms with Crippen molar-refractivity contribution in [3.8, 4) is 5.75 Å². The van der Waals surface area contributed by atoms with Gasteiger partial charge in [0, 0.05) is 36.1 Å². The van der Waals surface area contributed by atoms with E-state index in [2.05, 4.69) is 38.0 Å². The summed E-state index contributed by atoms with van der Waals surface area (Å²) in [5, 5.41) is 3.40. The molecule has 0 atom stereocenters. The molecule has 0 aliphatic carbocycles. The van der Waals surface area contributed by atoms with Crippen molar-refractivity contribution in [3.63, 3.8) is 0 Å². The van der Waals surface area contributed by atoms with Crippen molar-refractivity contribution >= 4 is 0 Å². The second kappa shape index (κ2) is 7.37. The molecule has 0 fully saturated rings. The number of pyridine rings is 1. The summed E-state index contributed by atoms with van der Waals surface area (Å²) in [6.07, 6.45) is 2.99. The molecule has 0 unspecified atom stereocenters. The zero-order valence-electron chi connectivity index (χ0n) is 12.3. The zero-order chi connectivity index (χ0) is 13.5. The predicted octanol–water partition coefficient (Wildman–Crippen LogP) is 3.31. The van der Waals surface area contributed by atoms with E-state index in [-0.39, 0.29) is 0 Å². The third-order valence-corrected chi connectivity index (χ3v) is 2.73. The highest BCUT2D eigenvalue weighted by molar-refractivity contribution is 5.32. The normalized spacial score (nSPS) is 11.3. The Labute approximate surface area is 111 Å². The molecule has 102 valence electrons. The molecule has 0 aliphatic rings. The molecule has 3 nitrogen and oxygen atoms in total.